The molecule has 8 aromatic carbocycles. The van der Waals surface area contributed by atoms with E-state index in [4.69, 9.17) is 4.98 Å². The minimum atomic E-state index is -0.878. The molecular weight excluding hydrogens is 673 g/mol. The Hall–Kier alpha value is -7.21. The number of hydrogen-bond donors (Lipinski definition) is 1. The second-order valence-electron chi connectivity index (χ2n) is 14.5. The van der Waals surface area contributed by atoms with E-state index < -0.39 is 6.23 Å². The van der Waals surface area contributed by atoms with Gasteiger partial charge in [-0.15, -0.1) is 0 Å². The van der Waals surface area contributed by atoms with Crippen LogP contribution in [0.15, 0.2) is 182 Å². The summed E-state index contributed by atoms with van der Waals surface area (Å²) in [6.45, 7) is 0. The topological polar surface area (TPSA) is 47.9 Å². The van der Waals surface area contributed by atoms with Crippen molar-refractivity contribution >= 4 is 54.6 Å². The Labute approximate surface area is 316 Å². The summed E-state index contributed by atoms with van der Waals surface area (Å²) in [6.07, 6.45) is -0.878. The van der Waals surface area contributed by atoms with Gasteiger partial charge in [0.2, 0.25) is 0 Å². The van der Waals surface area contributed by atoms with Crippen molar-refractivity contribution in [3.05, 3.63) is 188 Å². The zero-order valence-corrected chi connectivity index (χ0v) is 29.6. The number of nitrogens with zero attached hydrogens (tertiary/aromatic N) is 4. The van der Waals surface area contributed by atoms with Crippen LogP contribution in [0.2, 0.25) is 0 Å². The summed E-state index contributed by atoms with van der Waals surface area (Å²) in [4.78, 5) is 5.37. The van der Waals surface area contributed by atoms with Gasteiger partial charge < -0.3 is 14.2 Å². The van der Waals surface area contributed by atoms with Crippen molar-refractivity contribution in [1.82, 2.24) is 18.7 Å². The van der Waals surface area contributed by atoms with Gasteiger partial charge in [-0.3, -0.25) is 4.57 Å². The molecule has 0 aliphatic carbocycles. The van der Waals surface area contributed by atoms with E-state index in [0.717, 1.165) is 78.0 Å². The monoisotopic (exact) mass is 704 g/mol. The van der Waals surface area contributed by atoms with Crippen LogP contribution in [0.5, 0.6) is 0 Å². The zero-order valence-electron chi connectivity index (χ0n) is 29.6. The second kappa shape index (κ2) is 11.4. The van der Waals surface area contributed by atoms with Gasteiger partial charge in [0.1, 0.15) is 5.82 Å². The number of hydrogen-bond acceptors (Lipinski definition) is 2. The molecule has 0 radical (unpaired) electrons. The Balaban J connectivity index is 1.09. The SMILES string of the molecule is OC1c2ccccc2-c2cc(-c3ccc4c(c3)c3ccccc3n4-c3ccccc3)cc3nc(-c4ccc5c(c4)c4ccccc4n5-c4ccccc4)n1c23. The van der Waals surface area contributed by atoms with Crippen LogP contribution < -0.4 is 0 Å². The van der Waals surface area contributed by atoms with Crippen LogP contribution in [0, 0.1) is 0 Å². The maximum absolute atomic E-state index is 12.1. The Morgan fingerprint density at radius 2 is 0.945 bits per heavy atom. The number of rotatable bonds is 4. The molecule has 1 atom stereocenters. The Morgan fingerprint density at radius 3 is 1.60 bits per heavy atom. The van der Waals surface area contributed by atoms with Crippen molar-refractivity contribution in [2.45, 2.75) is 6.23 Å². The molecule has 4 heterocycles. The van der Waals surface area contributed by atoms with Crippen molar-refractivity contribution in [3.63, 3.8) is 0 Å². The van der Waals surface area contributed by atoms with E-state index in [9.17, 15) is 5.11 Å². The molecule has 55 heavy (non-hydrogen) atoms. The zero-order chi connectivity index (χ0) is 36.2. The number of aliphatic hydroxyl groups excluding tert-OH is 1. The quantitative estimate of drug-likeness (QED) is 0.198. The maximum Gasteiger partial charge on any atom is 0.159 e. The van der Waals surface area contributed by atoms with Crippen LogP contribution in [0.3, 0.4) is 0 Å². The molecule has 0 fully saturated rings. The van der Waals surface area contributed by atoms with Crippen molar-refractivity contribution in [2.24, 2.45) is 0 Å². The molecule has 0 saturated heterocycles. The molecule has 1 aliphatic rings. The highest BCUT2D eigenvalue weighted by atomic mass is 16.3. The first kappa shape index (κ1) is 30.3. The minimum Gasteiger partial charge on any atom is -0.369 e. The molecule has 11 aromatic rings. The summed E-state index contributed by atoms with van der Waals surface area (Å²) in [5.41, 5.74) is 14.8. The molecule has 3 aromatic heterocycles. The third kappa shape index (κ3) is 4.30. The van der Waals surface area contributed by atoms with Gasteiger partial charge >= 0.3 is 0 Å². The molecule has 1 unspecified atom stereocenters. The lowest BCUT2D eigenvalue weighted by Gasteiger charge is -2.26. The van der Waals surface area contributed by atoms with Gasteiger partial charge in [-0.1, -0.05) is 103 Å². The lowest BCUT2D eigenvalue weighted by Crippen LogP contribution is -2.16. The molecule has 1 aliphatic heterocycles. The first-order valence-electron chi connectivity index (χ1n) is 18.7. The van der Waals surface area contributed by atoms with Crippen LogP contribution in [-0.4, -0.2) is 23.8 Å². The van der Waals surface area contributed by atoms with Crippen LogP contribution in [-0.2, 0) is 0 Å². The molecule has 1 N–H and O–H groups in total. The number of para-hydroxylation sites is 4. The van der Waals surface area contributed by atoms with Crippen LogP contribution in [0.25, 0.3) is 99.7 Å². The molecule has 258 valence electrons. The number of fused-ring (bicyclic) bond motifs is 8. The van der Waals surface area contributed by atoms with Crippen molar-refractivity contribution in [1.29, 1.82) is 0 Å². The highest BCUT2D eigenvalue weighted by Crippen LogP contribution is 2.46. The largest absolute Gasteiger partial charge is 0.369 e. The summed E-state index contributed by atoms with van der Waals surface area (Å²) in [6, 6.07) is 64.4. The third-order valence-electron chi connectivity index (χ3n) is 11.5. The maximum atomic E-state index is 12.1. The molecule has 5 heteroatoms. The summed E-state index contributed by atoms with van der Waals surface area (Å²) in [5.74, 6) is 0.746. The van der Waals surface area contributed by atoms with Gasteiger partial charge in [0.25, 0.3) is 0 Å². The first-order chi connectivity index (χ1) is 27.2. The standard InChI is InChI=1S/C50H32N4O/c55-50-39-20-8-7-17-36(39)42-29-33(31-23-25-46-40(27-31)37-18-9-11-21-44(37)52(46)34-13-3-1-4-14-34)30-43-48(42)54(50)49(51-43)32-24-26-47-41(28-32)38-19-10-12-22-45(38)53(47)35-15-5-2-6-16-35/h1-30,50,55H. The van der Waals surface area contributed by atoms with Crippen molar-refractivity contribution in [2.75, 3.05) is 0 Å². The third-order valence-corrected chi connectivity index (χ3v) is 11.5. The number of aliphatic hydroxyl groups is 1. The molecule has 12 rings (SSSR count). The van der Waals surface area contributed by atoms with Crippen LogP contribution in [0.4, 0.5) is 0 Å². The number of benzene rings is 8. The lowest BCUT2D eigenvalue weighted by molar-refractivity contribution is 0.151. The van der Waals surface area contributed by atoms with Gasteiger partial charge in [0, 0.05) is 49.6 Å². The van der Waals surface area contributed by atoms with Crippen molar-refractivity contribution in [3.8, 4) is 45.0 Å². The predicted octanol–water partition coefficient (Wildman–Crippen LogP) is 12.1. The average molecular weight is 705 g/mol. The minimum absolute atomic E-state index is 0.746. The van der Waals surface area contributed by atoms with Gasteiger partial charge in [0.05, 0.1) is 33.1 Å². The average Bonchev–Trinajstić information content (AvgIpc) is 3.91. The molecule has 0 amide bonds. The summed E-state index contributed by atoms with van der Waals surface area (Å²) >= 11 is 0. The Morgan fingerprint density at radius 1 is 0.418 bits per heavy atom. The number of aromatic nitrogens is 4. The Kier molecular flexibility index (Phi) is 6.27. The smallest absolute Gasteiger partial charge is 0.159 e. The normalized spacial score (nSPS) is 13.7. The summed E-state index contributed by atoms with van der Waals surface area (Å²) in [5, 5.41) is 16.9. The van der Waals surface area contributed by atoms with Crippen molar-refractivity contribution < 1.29 is 5.11 Å². The van der Waals surface area contributed by atoms with E-state index in [1.54, 1.807) is 0 Å². The molecule has 0 spiro atoms. The summed E-state index contributed by atoms with van der Waals surface area (Å²) in [7, 11) is 0. The van der Waals surface area contributed by atoms with E-state index in [1.165, 1.54) is 27.2 Å². The van der Waals surface area contributed by atoms with Gasteiger partial charge in [-0.05, 0) is 95.6 Å². The lowest BCUT2D eigenvalue weighted by atomic mass is 9.91. The highest BCUT2D eigenvalue weighted by molar-refractivity contribution is 6.12. The first-order valence-corrected chi connectivity index (χ1v) is 18.7. The van der Waals surface area contributed by atoms with E-state index in [-0.39, 0.29) is 0 Å². The molecule has 0 saturated carbocycles. The fourth-order valence-corrected chi connectivity index (χ4v) is 9.13. The predicted molar refractivity (Wildman–Crippen MR) is 225 cm³/mol. The van der Waals surface area contributed by atoms with Crippen LogP contribution in [0.1, 0.15) is 11.8 Å². The second-order valence-corrected chi connectivity index (χ2v) is 14.5. The van der Waals surface area contributed by atoms with E-state index in [1.807, 2.05) is 16.7 Å². The molecule has 5 nitrogen and oxygen atoms in total. The fraction of sp³-hybridized carbons (Fsp3) is 0.0200. The van der Waals surface area contributed by atoms with E-state index in [2.05, 4.69) is 179 Å². The van der Waals surface area contributed by atoms with E-state index in [0.29, 0.717) is 0 Å². The molecular formula is C50H32N4O. The fourth-order valence-electron chi connectivity index (χ4n) is 9.13. The summed E-state index contributed by atoms with van der Waals surface area (Å²) < 4.78 is 6.70. The van der Waals surface area contributed by atoms with Crippen LogP contribution >= 0.6 is 0 Å². The number of imidazole rings is 1. The van der Waals surface area contributed by atoms with Gasteiger partial charge in [-0.2, -0.15) is 0 Å². The Bertz CT molecular complexity index is 3330. The van der Waals surface area contributed by atoms with Gasteiger partial charge in [-0.25, -0.2) is 4.98 Å². The van der Waals surface area contributed by atoms with Gasteiger partial charge in [0.15, 0.2) is 6.23 Å². The highest BCUT2D eigenvalue weighted by Gasteiger charge is 2.30. The molecule has 0 bridgehead atoms. The van der Waals surface area contributed by atoms with E-state index >= 15 is 0 Å².